The highest BCUT2D eigenvalue weighted by atomic mass is 16.2. The number of rotatable bonds is 4. The summed E-state index contributed by atoms with van der Waals surface area (Å²) in [6.45, 7) is 1.60. The zero-order valence-electron chi connectivity index (χ0n) is 16.7. The molecule has 2 heterocycles. The van der Waals surface area contributed by atoms with Gasteiger partial charge in [0.2, 0.25) is 0 Å². The number of hydrogen-bond acceptors (Lipinski definition) is 3. The lowest BCUT2D eigenvalue weighted by molar-refractivity contribution is 0.102. The van der Waals surface area contributed by atoms with Gasteiger partial charge in [0.15, 0.2) is 0 Å². The Bertz CT molecular complexity index is 990. The van der Waals surface area contributed by atoms with E-state index in [1.54, 1.807) is 30.3 Å². The highest BCUT2D eigenvalue weighted by molar-refractivity contribution is 6.03. The van der Waals surface area contributed by atoms with Crippen molar-refractivity contribution in [1.82, 2.24) is 15.1 Å². The molecule has 7 nitrogen and oxygen atoms in total. The third-order valence-electron chi connectivity index (χ3n) is 5.18. The Balaban J connectivity index is 1.35. The number of nitrogens with one attached hydrogen (secondary N) is 3. The number of aromatic amines is 1. The Hall–Kier alpha value is -3.61. The Labute approximate surface area is 175 Å². The van der Waals surface area contributed by atoms with E-state index in [2.05, 4.69) is 20.8 Å². The number of amides is 3. The number of benzene rings is 2. The van der Waals surface area contributed by atoms with Crippen LogP contribution < -0.4 is 10.6 Å². The summed E-state index contributed by atoms with van der Waals surface area (Å²) in [6, 6.07) is 18.4. The molecule has 3 N–H and O–H groups in total. The molecule has 2 aromatic carbocycles. The zero-order chi connectivity index (χ0) is 20.8. The van der Waals surface area contributed by atoms with Crippen LogP contribution in [0, 0.1) is 0 Å². The minimum absolute atomic E-state index is 0.0698. The molecule has 1 aliphatic rings. The molecule has 0 spiro atoms. The van der Waals surface area contributed by atoms with E-state index in [1.807, 2.05) is 35.2 Å². The lowest BCUT2D eigenvalue weighted by Gasteiger charge is -2.20. The van der Waals surface area contributed by atoms with Crippen molar-refractivity contribution >= 4 is 23.3 Å². The van der Waals surface area contributed by atoms with Gasteiger partial charge in [-0.2, -0.15) is 5.10 Å². The second kappa shape index (κ2) is 9.26. The first-order chi connectivity index (χ1) is 14.7. The maximum Gasteiger partial charge on any atom is 0.321 e. The number of H-pyrrole nitrogens is 1. The average Bonchev–Trinajstić information content (AvgIpc) is 3.11. The summed E-state index contributed by atoms with van der Waals surface area (Å²) in [7, 11) is 0. The van der Waals surface area contributed by atoms with Gasteiger partial charge in [-0.15, -0.1) is 0 Å². The van der Waals surface area contributed by atoms with Gasteiger partial charge in [-0.3, -0.25) is 9.89 Å². The van der Waals surface area contributed by atoms with Crippen LogP contribution in [-0.2, 0) is 0 Å². The molecule has 7 heteroatoms. The van der Waals surface area contributed by atoms with Crippen molar-refractivity contribution in [3.8, 4) is 11.3 Å². The normalized spacial score (nSPS) is 14.1. The lowest BCUT2D eigenvalue weighted by Crippen LogP contribution is -2.35. The first kappa shape index (κ1) is 19.7. The number of carbonyl (C=O) groups is 2. The molecule has 1 aliphatic heterocycles. The van der Waals surface area contributed by atoms with Gasteiger partial charge in [0.1, 0.15) is 5.69 Å². The van der Waals surface area contributed by atoms with Gasteiger partial charge in [0, 0.05) is 30.0 Å². The first-order valence-corrected chi connectivity index (χ1v) is 10.3. The number of nitrogens with zero attached hydrogens (tertiary/aromatic N) is 2. The van der Waals surface area contributed by atoms with Crippen LogP contribution >= 0.6 is 0 Å². The molecule has 1 saturated heterocycles. The number of urea groups is 1. The van der Waals surface area contributed by atoms with Crippen LogP contribution in [-0.4, -0.2) is 40.1 Å². The minimum atomic E-state index is -0.272. The highest BCUT2D eigenvalue weighted by Gasteiger charge is 2.16. The van der Waals surface area contributed by atoms with Gasteiger partial charge in [-0.25, -0.2) is 4.79 Å². The van der Waals surface area contributed by atoms with E-state index in [1.165, 1.54) is 12.8 Å². The van der Waals surface area contributed by atoms with Crippen molar-refractivity contribution in [3.63, 3.8) is 0 Å². The summed E-state index contributed by atoms with van der Waals surface area (Å²) in [5.41, 5.74) is 3.39. The predicted molar refractivity (Wildman–Crippen MR) is 117 cm³/mol. The molecule has 3 amide bonds. The molecular formula is C23H25N5O2. The fraction of sp³-hybridized carbons (Fsp3) is 0.261. The number of aromatic nitrogens is 2. The van der Waals surface area contributed by atoms with Crippen molar-refractivity contribution in [3.05, 3.63) is 66.4 Å². The summed E-state index contributed by atoms with van der Waals surface area (Å²) in [6.07, 6.45) is 4.47. The van der Waals surface area contributed by atoms with Gasteiger partial charge >= 0.3 is 6.03 Å². The fourth-order valence-electron chi connectivity index (χ4n) is 3.51. The molecule has 1 fully saturated rings. The molecular weight excluding hydrogens is 378 g/mol. The number of carbonyl (C=O) groups excluding carboxylic acids is 2. The minimum Gasteiger partial charge on any atom is -0.325 e. The van der Waals surface area contributed by atoms with E-state index in [4.69, 9.17) is 0 Å². The summed E-state index contributed by atoms with van der Waals surface area (Å²) >= 11 is 0. The molecule has 154 valence electrons. The molecule has 1 aromatic heterocycles. The maximum absolute atomic E-state index is 12.5. The molecule has 30 heavy (non-hydrogen) atoms. The summed E-state index contributed by atoms with van der Waals surface area (Å²) in [4.78, 5) is 26.8. The van der Waals surface area contributed by atoms with E-state index in [0.29, 0.717) is 22.8 Å². The van der Waals surface area contributed by atoms with E-state index < -0.39 is 0 Å². The third-order valence-corrected chi connectivity index (χ3v) is 5.18. The van der Waals surface area contributed by atoms with Gasteiger partial charge in [0.25, 0.3) is 5.91 Å². The molecule has 0 atom stereocenters. The quantitative estimate of drug-likeness (QED) is 0.588. The molecule has 0 radical (unpaired) electrons. The van der Waals surface area contributed by atoms with E-state index in [9.17, 15) is 9.59 Å². The Morgan fingerprint density at radius 3 is 2.13 bits per heavy atom. The van der Waals surface area contributed by atoms with E-state index in [0.717, 1.165) is 31.5 Å². The molecule has 3 aromatic rings. The maximum atomic E-state index is 12.5. The van der Waals surface area contributed by atoms with Crippen LogP contribution in [0.2, 0.25) is 0 Å². The molecule has 0 unspecified atom stereocenters. The average molecular weight is 403 g/mol. The number of anilines is 2. The van der Waals surface area contributed by atoms with Crippen molar-refractivity contribution in [2.24, 2.45) is 0 Å². The van der Waals surface area contributed by atoms with Gasteiger partial charge in [-0.1, -0.05) is 43.2 Å². The standard InChI is InChI=1S/C23H25N5O2/c29-22(21-16-20(26-27-21)17-8-4-3-5-9-17)24-18-10-12-19(13-11-18)25-23(30)28-14-6-1-2-7-15-28/h3-5,8-13,16H,1-2,6-7,14-15H2,(H,24,29)(H,25,30)(H,26,27). The topological polar surface area (TPSA) is 90.1 Å². The zero-order valence-corrected chi connectivity index (χ0v) is 16.7. The fourth-order valence-corrected chi connectivity index (χ4v) is 3.51. The summed E-state index contributed by atoms with van der Waals surface area (Å²) < 4.78 is 0. The molecule has 0 saturated carbocycles. The van der Waals surface area contributed by atoms with Crippen LogP contribution in [0.15, 0.2) is 60.7 Å². The van der Waals surface area contributed by atoms with E-state index in [-0.39, 0.29) is 11.9 Å². The van der Waals surface area contributed by atoms with Crippen LogP contribution in [0.1, 0.15) is 36.2 Å². The summed E-state index contributed by atoms with van der Waals surface area (Å²) in [5.74, 6) is -0.272. The van der Waals surface area contributed by atoms with Gasteiger partial charge < -0.3 is 15.5 Å². The van der Waals surface area contributed by atoms with Crippen LogP contribution in [0.4, 0.5) is 16.2 Å². The second-order valence-corrected chi connectivity index (χ2v) is 7.40. The van der Waals surface area contributed by atoms with Crippen molar-refractivity contribution in [1.29, 1.82) is 0 Å². The van der Waals surface area contributed by atoms with Crippen molar-refractivity contribution in [2.45, 2.75) is 25.7 Å². The molecule has 4 rings (SSSR count). The first-order valence-electron chi connectivity index (χ1n) is 10.3. The Kier molecular flexibility index (Phi) is 6.08. The SMILES string of the molecule is O=C(Nc1ccc(NC(=O)N2CCCCCC2)cc1)c1cc(-c2ccccc2)n[nH]1. The Morgan fingerprint density at radius 2 is 1.47 bits per heavy atom. The second-order valence-electron chi connectivity index (χ2n) is 7.40. The molecule has 0 bridgehead atoms. The van der Waals surface area contributed by atoms with Crippen LogP contribution in [0.3, 0.4) is 0 Å². The van der Waals surface area contributed by atoms with Crippen LogP contribution in [0.25, 0.3) is 11.3 Å². The summed E-state index contributed by atoms with van der Waals surface area (Å²) in [5, 5.41) is 12.8. The molecule has 0 aliphatic carbocycles. The number of hydrogen-bond donors (Lipinski definition) is 3. The smallest absolute Gasteiger partial charge is 0.321 e. The monoisotopic (exact) mass is 403 g/mol. The Morgan fingerprint density at radius 1 is 0.833 bits per heavy atom. The van der Waals surface area contributed by atoms with E-state index >= 15 is 0 Å². The van der Waals surface area contributed by atoms with Gasteiger partial charge in [-0.05, 0) is 43.2 Å². The number of likely N-dealkylation sites (tertiary alicyclic amines) is 1. The third kappa shape index (κ3) is 4.86. The van der Waals surface area contributed by atoms with Gasteiger partial charge in [0.05, 0.1) is 5.69 Å². The lowest BCUT2D eigenvalue weighted by atomic mass is 10.1. The highest BCUT2D eigenvalue weighted by Crippen LogP contribution is 2.19. The van der Waals surface area contributed by atoms with Crippen LogP contribution in [0.5, 0.6) is 0 Å². The van der Waals surface area contributed by atoms with Crippen molar-refractivity contribution < 1.29 is 9.59 Å². The van der Waals surface area contributed by atoms with Crippen molar-refractivity contribution in [2.75, 3.05) is 23.7 Å². The predicted octanol–water partition coefficient (Wildman–Crippen LogP) is 4.74. The largest absolute Gasteiger partial charge is 0.325 e.